The molecular weight excluding hydrogens is 598 g/mol. The van der Waals surface area contributed by atoms with Gasteiger partial charge in [-0.3, -0.25) is 0 Å². The van der Waals surface area contributed by atoms with Crippen LogP contribution < -0.4 is 0 Å². The fraction of sp³-hybridized carbons (Fsp3) is 0.244. The van der Waals surface area contributed by atoms with E-state index in [0.29, 0.717) is 31.5 Å². The van der Waals surface area contributed by atoms with Gasteiger partial charge in [0, 0.05) is 18.5 Å². The molecule has 1 aliphatic heterocycles. The molecule has 2 heterocycles. The van der Waals surface area contributed by atoms with E-state index < -0.39 is 12.1 Å². The monoisotopic (exact) mass is 640 g/mol. The zero-order valence-electron chi connectivity index (χ0n) is 27.6. The minimum Gasteiger partial charge on any atom is -0.464 e. The summed E-state index contributed by atoms with van der Waals surface area (Å²) in [6, 6.07) is 39.0. The Balaban J connectivity index is 1.45. The number of hydrogen-bond acceptors (Lipinski definition) is 5. The van der Waals surface area contributed by atoms with Crippen molar-refractivity contribution in [3.8, 4) is 0 Å². The van der Waals surface area contributed by atoms with Crippen LogP contribution in [0.1, 0.15) is 64.9 Å². The number of esters is 1. The van der Waals surface area contributed by atoms with Gasteiger partial charge in [0.2, 0.25) is 0 Å². The second-order valence-electron chi connectivity index (χ2n) is 12.2. The van der Waals surface area contributed by atoms with Crippen molar-refractivity contribution in [2.45, 2.75) is 58.2 Å². The van der Waals surface area contributed by atoms with Crippen LogP contribution in [0.2, 0.25) is 0 Å². The van der Waals surface area contributed by atoms with E-state index in [1.165, 1.54) is 0 Å². The minimum atomic E-state index is -0.643. The highest BCUT2D eigenvalue weighted by Crippen LogP contribution is 2.43. The van der Waals surface area contributed by atoms with Gasteiger partial charge in [-0.1, -0.05) is 121 Å². The summed E-state index contributed by atoms with van der Waals surface area (Å²) in [5.74, 6) is 0.354. The molecule has 2 atom stereocenters. The summed E-state index contributed by atoms with van der Waals surface area (Å²) < 4.78 is 13.6. The van der Waals surface area contributed by atoms with E-state index in [9.17, 15) is 9.59 Å². The van der Waals surface area contributed by atoms with Crippen LogP contribution in [0.4, 0.5) is 4.79 Å². The molecule has 6 rings (SSSR count). The van der Waals surface area contributed by atoms with Crippen LogP contribution in [-0.2, 0) is 40.1 Å². The van der Waals surface area contributed by atoms with Crippen molar-refractivity contribution >= 4 is 12.1 Å². The van der Waals surface area contributed by atoms with E-state index >= 15 is 0 Å². The predicted molar refractivity (Wildman–Crippen MR) is 186 cm³/mol. The maximum atomic E-state index is 14.1. The molecule has 1 amide bonds. The molecule has 244 valence electrons. The maximum absolute atomic E-state index is 14.1. The third kappa shape index (κ3) is 7.48. The summed E-state index contributed by atoms with van der Waals surface area (Å²) in [7, 11) is 0. The molecule has 0 saturated heterocycles. The Hall–Kier alpha value is -5.27. The maximum Gasteiger partial charge on any atom is 0.526 e. The van der Waals surface area contributed by atoms with Gasteiger partial charge in [0.05, 0.1) is 12.3 Å². The van der Waals surface area contributed by atoms with Gasteiger partial charge in [-0.05, 0) is 48.9 Å². The molecule has 1 aliphatic rings. The molecule has 0 saturated carbocycles. The average molecular weight is 641 g/mol. The number of carbonyl (C=O) groups is 2. The first-order chi connectivity index (χ1) is 23.5. The van der Waals surface area contributed by atoms with Crippen LogP contribution in [0.3, 0.4) is 0 Å². The SMILES string of the molecule is CCOC(=O)[C@@H](CCc1ccccc1)n1c(C(Cc2ccccc2)[N+]2(C(=O)OCc3ccccc3)C=C2)nc(Cc2ccccc2)c1C. The van der Waals surface area contributed by atoms with Gasteiger partial charge in [-0.25, -0.2) is 9.78 Å². The van der Waals surface area contributed by atoms with Crippen LogP contribution in [0, 0.1) is 6.92 Å². The lowest BCUT2D eigenvalue weighted by molar-refractivity contribution is -0.729. The molecule has 5 aromatic rings. The minimum absolute atomic E-state index is 0.128. The van der Waals surface area contributed by atoms with Crippen LogP contribution in [0.15, 0.2) is 134 Å². The van der Waals surface area contributed by atoms with Gasteiger partial charge in [0.15, 0.2) is 24.3 Å². The lowest BCUT2D eigenvalue weighted by Gasteiger charge is -2.28. The van der Waals surface area contributed by atoms with Crippen molar-refractivity contribution in [3.05, 3.63) is 173 Å². The van der Waals surface area contributed by atoms with Crippen LogP contribution in [0.5, 0.6) is 0 Å². The van der Waals surface area contributed by atoms with Gasteiger partial charge >= 0.3 is 12.1 Å². The Labute approximate surface area is 282 Å². The van der Waals surface area contributed by atoms with Crippen molar-refractivity contribution in [1.29, 1.82) is 0 Å². The van der Waals surface area contributed by atoms with Gasteiger partial charge in [-0.2, -0.15) is 9.28 Å². The number of nitrogens with zero attached hydrogens (tertiary/aromatic N) is 3. The fourth-order valence-corrected chi connectivity index (χ4v) is 6.34. The Morgan fingerprint density at radius 1 is 0.729 bits per heavy atom. The summed E-state index contributed by atoms with van der Waals surface area (Å²) in [5.41, 5.74) is 5.97. The molecule has 0 radical (unpaired) electrons. The first kappa shape index (κ1) is 32.7. The summed E-state index contributed by atoms with van der Waals surface area (Å²) in [6.45, 7) is 4.28. The Bertz CT molecular complexity index is 1830. The lowest BCUT2D eigenvalue weighted by atomic mass is 10.0. The fourth-order valence-electron chi connectivity index (χ4n) is 6.34. The van der Waals surface area contributed by atoms with Gasteiger partial charge in [-0.15, -0.1) is 0 Å². The molecule has 0 N–H and O–H groups in total. The van der Waals surface area contributed by atoms with Crippen molar-refractivity contribution in [2.24, 2.45) is 0 Å². The third-order valence-electron chi connectivity index (χ3n) is 8.99. The smallest absolute Gasteiger partial charge is 0.464 e. The number of ether oxygens (including phenoxy) is 2. The van der Waals surface area contributed by atoms with Crippen molar-refractivity contribution < 1.29 is 23.5 Å². The number of quaternary nitrogens is 1. The lowest BCUT2D eigenvalue weighted by Crippen LogP contribution is -2.41. The van der Waals surface area contributed by atoms with E-state index in [2.05, 4.69) is 41.0 Å². The number of aryl methyl sites for hydroxylation is 1. The largest absolute Gasteiger partial charge is 0.526 e. The van der Waals surface area contributed by atoms with Gasteiger partial charge in [0.25, 0.3) is 0 Å². The number of benzene rings is 4. The molecule has 7 heteroatoms. The van der Waals surface area contributed by atoms with Crippen LogP contribution >= 0.6 is 0 Å². The second-order valence-corrected chi connectivity index (χ2v) is 12.2. The second kappa shape index (κ2) is 15.1. The normalized spacial score (nSPS) is 14.2. The average Bonchev–Trinajstić information content (AvgIpc) is 3.88. The molecule has 48 heavy (non-hydrogen) atoms. The Morgan fingerprint density at radius 3 is 1.83 bits per heavy atom. The summed E-state index contributed by atoms with van der Waals surface area (Å²) in [5, 5.41) is 0. The molecule has 4 aromatic carbocycles. The standard InChI is InChI=1S/C41H42N3O4/c1-3-47-40(45)37(25-24-32-16-8-4-9-17-32)43-31(2)36(28-33-18-10-5-11-19-33)42-39(43)38(29-34-20-12-6-13-21-34)44(26-27-44)41(46)48-30-35-22-14-7-15-23-35/h4-23,26-27,37-38H,3,24-25,28-30H2,1-2H3/q+1/t37-,38?/m1/s1. The van der Waals surface area contributed by atoms with Gasteiger partial charge in [0.1, 0.15) is 12.6 Å². The molecule has 0 spiro atoms. The Kier molecular flexibility index (Phi) is 10.3. The van der Waals surface area contributed by atoms with Crippen LogP contribution in [0.25, 0.3) is 0 Å². The highest BCUT2D eigenvalue weighted by Gasteiger charge is 2.55. The van der Waals surface area contributed by atoms with E-state index in [-0.39, 0.29) is 29.8 Å². The van der Waals surface area contributed by atoms with E-state index in [0.717, 1.165) is 33.6 Å². The van der Waals surface area contributed by atoms with Gasteiger partial charge < -0.3 is 14.0 Å². The highest BCUT2D eigenvalue weighted by molar-refractivity contribution is 5.74. The van der Waals surface area contributed by atoms with Crippen LogP contribution in [-0.4, -0.2) is 32.7 Å². The quantitative estimate of drug-likeness (QED) is 0.0900. The molecular formula is C41H42N3O4+. The zero-order chi connectivity index (χ0) is 33.3. The predicted octanol–water partition coefficient (Wildman–Crippen LogP) is 8.44. The number of carbonyl (C=O) groups excluding carboxylic acids is 2. The molecule has 7 nitrogen and oxygen atoms in total. The molecule has 1 aromatic heterocycles. The number of rotatable bonds is 14. The highest BCUT2D eigenvalue weighted by atomic mass is 16.6. The number of aromatic nitrogens is 2. The molecule has 0 fully saturated rings. The van der Waals surface area contributed by atoms with E-state index in [1.54, 1.807) is 0 Å². The zero-order valence-corrected chi connectivity index (χ0v) is 27.6. The first-order valence-electron chi connectivity index (χ1n) is 16.6. The van der Waals surface area contributed by atoms with Crippen molar-refractivity contribution in [1.82, 2.24) is 9.55 Å². The Morgan fingerprint density at radius 2 is 1.27 bits per heavy atom. The number of imidazole rings is 1. The summed E-state index contributed by atoms with van der Waals surface area (Å²) >= 11 is 0. The summed E-state index contributed by atoms with van der Waals surface area (Å²) in [4.78, 5) is 33.3. The topological polar surface area (TPSA) is 70.4 Å². The summed E-state index contributed by atoms with van der Waals surface area (Å²) in [6.07, 6.45) is 5.64. The van der Waals surface area contributed by atoms with E-state index in [4.69, 9.17) is 14.5 Å². The molecule has 0 bridgehead atoms. The van der Waals surface area contributed by atoms with Crippen molar-refractivity contribution in [3.63, 3.8) is 0 Å². The molecule has 0 aliphatic carbocycles. The first-order valence-corrected chi connectivity index (χ1v) is 16.6. The van der Waals surface area contributed by atoms with E-state index in [1.807, 2.05) is 111 Å². The number of amides is 1. The van der Waals surface area contributed by atoms with Crippen molar-refractivity contribution in [2.75, 3.05) is 6.61 Å². The number of hydrogen-bond donors (Lipinski definition) is 0. The molecule has 1 unspecified atom stereocenters. The third-order valence-corrected chi connectivity index (χ3v) is 8.99.